The van der Waals surface area contributed by atoms with Gasteiger partial charge in [-0.15, -0.1) is 0 Å². The molecule has 0 aromatic rings. The van der Waals surface area contributed by atoms with Crippen molar-refractivity contribution in [3.05, 3.63) is 0 Å². The summed E-state index contributed by atoms with van der Waals surface area (Å²) in [4.78, 5) is 4.77. The third-order valence-electron chi connectivity index (χ3n) is 2.91. The van der Waals surface area contributed by atoms with Gasteiger partial charge in [0.2, 0.25) is 0 Å². The molecule has 0 spiro atoms. The van der Waals surface area contributed by atoms with Crippen LogP contribution in [0.5, 0.6) is 0 Å². The quantitative estimate of drug-likeness (QED) is 0.768. The first-order valence-electron chi connectivity index (χ1n) is 6.62. The smallest absolute Gasteiger partial charge is 0.157 e. The molecule has 0 saturated heterocycles. The van der Waals surface area contributed by atoms with Gasteiger partial charge >= 0.3 is 0 Å². The molecule has 2 unspecified atom stereocenters. The monoisotopic (exact) mass is 242 g/mol. The van der Waals surface area contributed by atoms with Crippen molar-refractivity contribution >= 4 is 16.9 Å². The molecule has 0 saturated carbocycles. The van der Waals surface area contributed by atoms with Crippen molar-refractivity contribution in [2.24, 2.45) is 10.9 Å². The zero-order chi connectivity index (χ0) is 12.0. The lowest BCUT2D eigenvalue weighted by Crippen LogP contribution is -2.31. The molecule has 2 atom stereocenters. The lowest BCUT2D eigenvalue weighted by atomic mass is 10.1. The number of nitrogens with zero attached hydrogens (tertiary/aromatic N) is 1. The van der Waals surface area contributed by atoms with Gasteiger partial charge in [0, 0.05) is 11.8 Å². The van der Waals surface area contributed by atoms with E-state index in [1.165, 1.54) is 36.6 Å². The van der Waals surface area contributed by atoms with E-state index in [0.717, 1.165) is 5.92 Å². The van der Waals surface area contributed by atoms with Crippen LogP contribution in [0.15, 0.2) is 4.99 Å². The summed E-state index contributed by atoms with van der Waals surface area (Å²) in [5.41, 5.74) is 0. The number of rotatable bonds is 6. The molecular formula is C13H26N2S. The van der Waals surface area contributed by atoms with Crippen LogP contribution >= 0.6 is 11.8 Å². The number of hydrogen-bond donors (Lipinski definition) is 1. The summed E-state index contributed by atoms with van der Waals surface area (Å²) >= 11 is 1.90. The van der Waals surface area contributed by atoms with Crippen molar-refractivity contribution in [2.45, 2.75) is 65.5 Å². The average Bonchev–Trinajstić information content (AvgIpc) is 2.64. The SMILES string of the molecule is CCCC(CC)NC1=NC(CC(C)C)CS1. The van der Waals surface area contributed by atoms with Gasteiger partial charge in [0.1, 0.15) is 0 Å². The maximum atomic E-state index is 4.77. The molecule has 1 aliphatic rings. The molecule has 1 rings (SSSR count). The molecular weight excluding hydrogens is 216 g/mol. The molecule has 0 aliphatic carbocycles. The molecule has 1 aliphatic heterocycles. The Morgan fingerprint density at radius 1 is 1.44 bits per heavy atom. The van der Waals surface area contributed by atoms with Gasteiger partial charge in [-0.2, -0.15) is 0 Å². The van der Waals surface area contributed by atoms with Crippen molar-refractivity contribution < 1.29 is 0 Å². The molecule has 1 heterocycles. The minimum atomic E-state index is 0.548. The van der Waals surface area contributed by atoms with Gasteiger partial charge in [-0.1, -0.05) is 45.9 Å². The minimum absolute atomic E-state index is 0.548. The maximum Gasteiger partial charge on any atom is 0.157 e. The first kappa shape index (κ1) is 13.9. The minimum Gasteiger partial charge on any atom is -0.362 e. The molecule has 3 heteroatoms. The van der Waals surface area contributed by atoms with Crippen molar-refractivity contribution in [1.29, 1.82) is 0 Å². The molecule has 1 N–H and O–H groups in total. The van der Waals surface area contributed by atoms with E-state index >= 15 is 0 Å². The van der Waals surface area contributed by atoms with Crippen LogP contribution in [0.2, 0.25) is 0 Å². The van der Waals surface area contributed by atoms with Crippen LogP contribution in [-0.4, -0.2) is 23.0 Å². The highest BCUT2D eigenvalue weighted by Gasteiger charge is 2.20. The molecule has 0 aromatic heterocycles. The largest absolute Gasteiger partial charge is 0.362 e. The van der Waals surface area contributed by atoms with Gasteiger partial charge in [0.05, 0.1) is 6.04 Å². The van der Waals surface area contributed by atoms with Crippen LogP contribution < -0.4 is 5.32 Å². The Kier molecular flexibility index (Phi) is 6.25. The van der Waals surface area contributed by atoms with Crippen LogP contribution in [0.3, 0.4) is 0 Å². The van der Waals surface area contributed by atoms with E-state index in [0.29, 0.717) is 12.1 Å². The number of hydrogen-bond acceptors (Lipinski definition) is 3. The fourth-order valence-corrected chi connectivity index (χ4v) is 3.10. The van der Waals surface area contributed by atoms with Crippen LogP contribution in [0.4, 0.5) is 0 Å². The third kappa shape index (κ3) is 4.77. The van der Waals surface area contributed by atoms with Crippen LogP contribution in [0.1, 0.15) is 53.4 Å². The fourth-order valence-electron chi connectivity index (χ4n) is 2.06. The summed E-state index contributed by atoms with van der Waals surface area (Å²) < 4.78 is 0. The summed E-state index contributed by atoms with van der Waals surface area (Å²) in [7, 11) is 0. The Hall–Kier alpha value is -0.180. The van der Waals surface area contributed by atoms with Gasteiger partial charge in [0.15, 0.2) is 5.17 Å². The first-order chi connectivity index (χ1) is 7.65. The predicted octanol–water partition coefficient (Wildman–Crippen LogP) is 3.67. The Balaban J connectivity index is 2.37. The molecule has 94 valence electrons. The van der Waals surface area contributed by atoms with Gasteiger partial charge in [0.25, 0.3) is 0 Å². The number of aliphatic imine (C=N–C) groups is 1. The molecule has 0 fully saturated rings. The second-order valence-electron chi connectivity index (χ2n) is 5.07. The van der Waals surface area contributed by atoms with Gasteiger partial charge in [-0.25, -0.2) is 0 Å². The molecule has 0 bridgehead atoms. The van der Waals surface area contributed by atoms with E-state index in [9.17, 15) is 0 Å². The zero-order valence-electron chi connectivity index (χ0n) is 11.1. The van der Waals surface area contributed by atoms with Crippen molar-refractivity contribution in [2.75, 3.05) is 5.75 Å². The fraction of sp³-hybridized carbons (Fsp3) is 0.923. The van der Waals surface area contributed by atoms with Crippen molar-refractivity contribution in [3.63, 3.8) is 0 Å². The normalized spacial score (nSPS) is 22.3. The second kappa shape index (κ2) is 7.21. The Bertz CT molecular complexity index is 226. The van der Waals surface area contributed by atoms with Gasteiger partial charge in [-0.05, 0) is 25.2 Å². The molecule has 0 amide bonds. The summed E-state index contributed by atoms with van der Waals surface area (Å²) in [5, 5.41) is 4.77. The van der Waals surface area contributed by atoms with Crippen LogP contribution in [0, 0.1) is 5.92 Å². The summed E-state index contributed by atoms with van der Waals surface area (Å²) in [6, 6.07) is 1.17. The van der Waals surface area contributed by atoms with Crippen LogP contribution in [0.25, 0.3) is 0 Å². The van der Waals surface area contributed by atoms with Gasteiger partial charge in [-0.3, -0.25) is 4.99 Å². The molecule has 0 aromatic carbocycles. The molecule has 16 heavy (non-hydrogen) atoms. The van der Waals surface area contributed by atoms with E-state index in [4.69, 9.17) is 4.99 Å². The van der Waals surface area contributed by atoms with Crippen molar-refractivity contribution in [1.82, 2.24) is 5.32 Å². The summed E-state index contributed by atoms with van der Waals surface area (Å²) in [5.74, 6) is 1.93. The van der Waals surface area contributed by atoms with E-state index in [1.54, 1.807) is 0 Å². The van der Waals surface area contributed by atoms with Gasteiger partial charge < -0.3 is 5.32 Å². The molecule has 0 radical (unpaired) electrons. The number of amidine groups is 1. The lowest BCUT2D eigenvalue weighted by molar-refractivity contribution is 0.521. The van der Waals surface area contributed by atoms with E-state index < -0.39 is 0 Å². The zero-order valence-corrected chi connectivity index (χ0v) is 11.9. The summed E-state index contributed by atoms with van der Waals surface area (Å²) in [6.45, 7) is 9.05. The predicted molar refractivity (Wildman–Crippen MR) is 75.3 cm³/mol. The van der Waals surface area contributed by atoms with Crippen LogP contribution in [-0.2, 0) is 0 Å². The Morgan fingerprint density at radius 2 is 2.19 bits per heavy atom. The topological polar surface area (TPSA) is 24.4 Å². The lowest BCUT2D eigenvalue weighted by Gasteiger charge is -2.16. The summed E-state index contributed by atoms with van der Waals surface area (Å²) in [6.07, 6.45) is 4.93. The number of nitrogens with one attached hydrogen (secondary N) is 1. The highest BCUT2D eigenvalue weighted by atomic mass is 32.2. The Labute approximate surface area is 105 Å². The first-order valence-corrected chi connectivity index (χ1v) is 7.61. The number of thioether (sulfide) groups is 1. The van der Waals surface area contributed by atoms with E-state index in [1.807, 2.05) is 11.8 Å². The van der Waals surface area contributed by atoms with E-state index in [2.05, 4.69) is 33.0 Å². The van der Waals surface area contributed by atoms with E-state index in [-0.39, 0.29) is 0 Å². The highest BCUT2D eigenvalue weighted by molar-refractivity contribution is 8.14. The third-order valence-corrected chi connectivity index (χ3v) is 3.96. The Morgan fingerprint density at radius 3 is 2.75 bits per heavy atom. The van der Waals surface area contributed by atoms with Crippen molar-refractivity contribution in [3.8, 4) is 0 Å². The second-order valence-corrected chi connectivity index (χ2v) is 6.08. The standard InChI is InChI=1S/C13H26N2S/c1-5-7-11(6-2)14-13-15-12(9-16-13)8-10(3)4/h10-12H,5-9H2,1-4H3,(H,14,15). The molecule has 2 nitrogen and oxygen atoms in total. The highest BCUT2D eigenvalue weighted by Crippen LogP contribution is 2.22. The maximum absolute atomic E-state index is 4.77. The average molecular weight is 242 g/mol.